The van der Waals surface area contributed by atoms with Crippen molar-refractivity contribution in [3.05, 3.63) is 24.7 Å². The van der Waals surface area contributed by atoms with Gasteiger partial charge in [-0.3, -0.25) is 5.32 Å². The fourth-order valence-corrected chi connectivity index (χ4v) is 5.83. The number of carbonyl (C=O) groups is 2. The first-order valence-corrected chi connectivity index (χ1v) is 13.8. The molecule has 216 valence electrons. The zero-order valence-corrected chi connectivity index (χ0v) is 23.0. The molecule has 1 saturated carbocycles. The highest BCUT2D eigenvalue weighted by Crippen LogP contribution is 2.37. The first-order valence-electron chi connectivity index (χ1n) is 13.8. The Hall–Kier alpha value is -3.81. The van der Waals surface area contributed by atoms with Crippen molar-refractivity contribution in [3.63, 3.8) is 0 Å². The van der Waals surface area contributed by atoms with Crippen molar-refractivity contribution in [1.29, 1.82) is 0 Å². The lowest BCUT2D eigenvalue weighted by Crippen LogP contribution is -2.55. The minimum Gasteiger partial charge on any atom is -0.477 e. The second-order valence-corrected chi connectivity index (χ2v) is 10.3. The molecule has 1 aliphatic carbocycles. The maximum atomic E-state index is 15.0. The third-order valence-electron chi connectivity index (χ3n) is 7.94. The predicted molar refractivity (Wildman–Crippen MR) is 144 cm³/mol. The van der Waals surface area contributed by atoms with Gasteiger partial charge in [0.15, 0.2) is 5.82 Å². The minimum absolute atomic E-state index is 0.0984. The molecule has 2 aromatic rings. The van der Waals surface area contributed by atoms with Crippen LogP contribution in [-0.4, -0.2) is 106 Å². The van der Waals surface area contributed by atoms with E-state index in [2.05, 4.69) is 42.4 Å². The largest absolute Gasteiger partial charge is 0.477 e. The summed E-state index contributed by atoms with van der Waals surface area (Å²) in [5, 5.41) is 5.63. The number of likely N-dealkylation sites (tertiary alicyclic amines) is 1. The molecule has 0 aromatic carbocycles. The number of rotatable bonds is 8. The van der Waals surface area contributed by atoms with Gasteiger partial charge in [-0.05, 0) is 38.6 Å². The number of nitrogens with one attached hydrogen (secondary N) is 2. The number of amides is 3. The predicted octanol–water partition coefficient (Wildman–Crippen LogP) is 2.32. The normalized spacial score (nSPS) is 25.9. The number of aromatic nitrogens is 4. The van der Waals surface area contributed by atoms with Gasteiger partial charge >= 0.3 is 12.1 Å². The van der Waals surface area contributed by atoms with Gasteiger partial charge in [-0.2, -0.15) is 4.98 Å². The smallest absolute Gasteiger partial charge is 0.414 e. The molecule has 2 N–H and O–H groups in total. The van der Waals surface area contributed by atoms with Crippen LogP contribution in [0.15, 0.2) is 24.7 Å². The fourth-order valence-electron chi connectivity index (χ4n) is 5.83. The van der Waals surface area contributed by atoms with Gasteiger partial charge in [0.25, 0.3) is 0 Å². The van der Waals surface area contributed by atoms with Crippen molar-refractivity contribution in [2.75, 3.05) is 50.1 Å². The quantitative estimate of drug-likeness (QED) is 0.497. The van der Waals surface area contributed by atoms with Crippen molar-refractivity contribution in [1.82, 2.24) is 35.1 Å². The van der Waals surface area contributed by atoms with Crippen LogP contribution < -0.4 is 25.0 Å². The van der Waals surface area contributed by atoms with Crippen LogP contribution in [0, 0.1) is 5.92 Å². The minimum atomic E-state index is -1.24. The lowest BCUT2D eigenvalue weighted by atomic mass is 10.0. The van der Waals surface area contributed by atoms with Crippen LogP contribution in [0.3, 0.4) is 0 Å². The Morgan fingerprint density at radius 3 is 2.70 bits per heavy atom. The number of halogens is 1. The number of ether oxygens (including phenoxy) is 2. The number of urea groups is 1. The van der Waals surface area contributed by atoms with Crippen LogP contribution in [0.5, 0.6) is 11.8 Å². The number of anilines is 2. The second-order valence-electron chi connectivity index (χ2n) is 10.3. The van der Waals surface area contributed by atoms with Gasteiger partial charge in [-0.15, -0.1) is 0 Å². The van der Waals surface area contributed by atoms with Crippen LogP contribution in [0.2, 0.25) is 0 Å². The van der Waals surface area contributed by atoms with Gasteiger partial charge in [0.2, 0.25) is 17.7 Å². The Kier molecular flexibility index (Phi) is 8.43. The first kappa shape index (κ1) is 27.7. The first-order chi connectivity index (χ1) is 19.3. The monoisotopic (exact) mass is 557 g/mol. The second kappa shape index (κ2) is 12.1. The number of hydrogen-bond acceptors (Lipinski definition) is 10. The average Bonchev–Trinajstić information content (AvgIpc) is 3.54. The van der Waals surface area contributed by atoms with Gasteiger partial charge in [0.05, 0.1) is 25.0 Å². The van der Waals surface area contributed by atoms with Crippen LogP contribution in [-0.2, 0) is 0 Å². The number of hydrogen-bond donors (Lipinski definition) is 2. The Balaban J connectivity index is 1.16. The number of likely N-dealkylation sites (N-methyl/N-ethyl adjacent to an activating group) is 1. The Labute approximate surface area is 232 Å². The maximum absolute atomic E-state index is 15.0. The van der Waals surface area contributed by atoms with Crippen molar-refractivity contribution >= 4 is 23.9 Å². The van der Waals surface area contributed by atoms with E-state index >= 15 is 0 Å². The van der Waals surface area contributed by atoms with E-state index in [-0.39, 0.29) is 30.7 Å². The van der Waals surface area contributed by atoms with Gasteiger partial charge in [0, 0.05) is 51.0 Å². The van der Waals surface area contributed by atoms with E-state index in [1.54, 1.807) is 4.90 Å². The van der Waals surface area contributed by atoms with Crippen molar-refractivity contribution < 1.29 is 23.5 Å². The third-order valence-corrected chi connectivity index (χ3v) is 7.94. The number of fused-ring (bicyclic) bond motifs is 2. The third kappa shape index (κ3) is 6.16. The van der Waals surface area contributed by atoms with Crippen molar-refractivity contribution in [2.45, 2.75) is 57.4 Å². The summed E-state index contributed by atoms with van der Waals surface area (Å²) >= 11 is 0. The highest BCUT2D eigenvalue weighted by atomic mass is 19.1. The van der Waals surface area contributed by atoms with Crippen molar-refractivity contribution in [3.8, 4) is 11.8 Å². The lowest BCUT2D eigenvalue weighted by molar-refractivity contribution is 0.133. The highest BCUT2D eigenvalue weighted by molar-refractivity contribution is 5.88. The molecule has 40 heavy (non-hydrogen) atoms. The zero-order valence-electron chi connectivity index (χ0n) is 23.0. The summed E-state index contributed by atoms with van der Waals surface area (Å²) in [7, 11) is 1.53. The molecule has 2 aromatic heterocycles. The molecule has 5 atom stereocenters. The summed E-state index contributed by atoms with van der Waals surface area (Å²) in [6.45, 7) is 6.98. The van der Waals surface area contributed by atoms with Gasteiger partial charge in [-0.1, -0.05) is 6.92 Å². The van der Waals surface area contributed by atoms with E-state index in [4.69, 9.17) is 9.47 Å². The molecule has 3 aliphatic rings. The molecule has 14 heteroatoms. The SMILES string of the molecule is CCOc1cnc(NC(=O)N(C)[C@H]2CN(c3nccc(OC(=O)N[C@@H]4C[C@@H]5C[C@H]4CN5CC)n3)CC[C@H]2F)cn1. The number of alkyl halides is 1. The van der Waals surface area contributed by atoms with E-state index < -0.39 is 24.3 Å². The Morgan fingerprint density at radius 1 is 1.15 bits per heavy atom. The van der Waals surface area contributed by atoms with Gasteiger partial charge in [0.1, 0.15) is 6.17 Å². The lowest BCUT2D eigenvalue weighted by Gasteiger charge is -2.39. The van der Waals surface area contributed by atoms with Crippen LogP contribution in [0.4, 0.5) is 25.7 Å². The molecule has 0 radical (unpaired) electrons. The van der Waals surface area contributed by atoms with Crippen LogP contribution in [0.1, 0.15) is 33.1 Å². The van der Waals surface area contributed by atoms with E-state index in [9.17, 15) is 14.0 Å². The molecule has 2 aliphatic heterocycles. The summed E-state index contributed by atoms with van der Waals surface area (Å²) in [5.41, 5.74) is 0. The summed E-state index contributed by atoms with van der Waals surface area (Å²) in [6.07, 6.45) is 4.70. The van der Waals surface area contributed by atoms with Gasteiger partial charge < -0.3 is 29.5 Å². The van der Waals surface area contributed by atoms with E-state index in [1.807, 2.05) is 6.92 Å². The zero-order chi connectivity index (χ0) is 28.2. The fraction of sp³-hybridized carbons (Fsp3) is 0.615. The number of carbonyl (C=O) groups excluding carboxylic acids is 2. The molecule has 3 amide bonds. The van der Waals surface area contributed by atoms with Crippen LogP contribution in [0.25, 0.3) is 0 Å². The molecule has 13 nitrogen and oxygen atoms in total. The maximum Gasteiger partial charge on any atom is 0.414 e. The summed E-state index contributed by atoms with van der Waals surface area (Å²) < 4.78 is 25.7. The van der Waals surface area contributed by atoms with Gasteiger partial charge in [-0.25, -0.2) is 28.9 Å². The number of nitrogens with zero attached hydrogens (tertiary/aromatic N) is 7. The summed E-state index contributed by atoms with van der Waals surface area (Å²) in [5.74, 6) is 1.42. The molecule has 2 bridgehead atoms. The molecule has 4 heterocycles. The van der Waals surface area contributed by atoms with Crippen LogP contribution >= 0.6 is 0 Å². The molecule has 0 unspecified atom stereocenters. The summed E-state index contributed by atoms with van der Waals surface area (Å²) in [4.78, 5) is 47.9. The summed E-state index contributed by atoms with van der Waals surface area (Å²) in [6, 6.07) is 0.846. The van der Waals surface area contributed by atoms with E-state index in [1.165, 1.54) is 36.6 Å². The topological polar surface area (TPSA) is 138 Å². The van der Waals surface area contributed by atoms with E-state index in [0.717, 1.165) is 25.9 Å². The number of piperidine rings is 2. The Bertz CT molecular complexity index is 1190. The standard InChI is InChI=1S/C26H36FN9O4/c1-4-35-14-16-10-17(35)11-19(16)31-26(38)40-22-6-8-28-24(33-22)36-9-7-18(27)20(15-36)34(3)25(37)32-21-12-30-23(13-29-21)39-5-2/h6,8,12-13,16-20H,4-5,7,9-11,14-15H2,1-3H3,(H,31,38)(H,29,32,37)/t16-,17-,18+,19+,20-/m0/s1. The van der Waals surface area contributed by atoms with E-state index in [0.29, 0.717) is 36.9 Å². The Morgan fingerprint density at radius 2 is 2.00 bits per heavy atom. The molecule has 3 fully saturated rings. The average molecular weight is 558 g/mol. The molecule has 2 saturated heterocycles. The highest BCUT2D eigenvalue weighted by Gasteiger charge is 2.44. The van der Waals surface area contributed by atoms with Crippen molar-refractivity contribution in [2.24, 2.45) is 5.92 Å². The molecular formula is C26H36FN9O4. The molecule has 5 rings (SSSR count). The molecule has 0 spiro atoms. The molecular weight excluding hydrogens is 521 g/mol.